The van der Waals surface area contributed by atoms with Crippen molar-refractivity contribution in [2.24, 2.45) is 0 Å². The third kappa shape index (κ3) is 4.24. The number of benzene rings is 1. The van der Waals surface area contributed by atoms with Gasteiger partial charge in [-0.3, -0.25) is 15.1 Å². The summed E-state index contributed by atoms with van der Waals surface area (Å²) in [6, 6.07) is 9.94. The molecule has 0 spiro atoms. The van der Waals surface area contributed by atoms with Crippen LogP contribution in [-0.4, -0.2) is 55.0 Å². The topological polar surface area (TPSA) is 106 Å². The zero-order valence-electron chi connectivity index (χ0n) is 15.8. The minimum absolute atomic E-state index is 0.0663. The molecule has 10 heteroatoms. The van der Waals surface area contributed by atoms with Gasteiger partial charge in [0.15, 0.2) is 0 Å². The maximum absolute atomic E-state index is 12.9. The molecular weight excluding hydrogens is 396 g/mol. The molecule has 0 amide bonds. The smallest absolute Gasteiger partial charge is 0.293 e. The molecule has 4 rings (SSSR count). The van der Waals surface area contributed by atoms with Gasteiger partial charge in [0.05, 0.1) is 35.3 Å². The van der Waals surface area contributed by atoms with Crippen LogP contribution in [-0.2, 0) is 21.3 Å². The second-order valence-electron chi connectivity index (χ2n) is 7.10. The number of hydrogen-bond donors (Lipinski definition) is 0. The van der Waals surface area contributed by atoms with E-state index in [-0.39, 0.29) is 29.7 Å². The zero-order valence-corrected chi connectivity index (χ0v) is 16.6. The molecule has 1 aliphatic carbocycles. The summed E-state index contributed by atoms with van der Waals surface area (Å²) in [5.74, 6) is 0. The average molecular weight is 418 g/mol. The average Bonchev–Trinajstić information content (AvgIpc) is 3.58. The molecule has 1 saturated carbocycles. The van der Waals surface area contributed by atoms with E-state index in [0.29, 0.717) is 25.4 Å². The van der Waals surface area contributed by atoms with Crippen molar-refractivity contribution in [2.45, 2.75) is 30.3 Å². The predicted octanol–water partition coefficient (Wildman–Crippen LogP) is 2.18. The van der Waals surface area contributed by atoms with Crippen LogP contribution in [0.3, 0.4) is 0 Å². The fourth-order valence-electron chi connectivity index (χ4n) is 3.45. The van der Waals surface area contributed by atoms with E-state index in [4.69, 9.17) is 4.74 Å². The van der Waals surface area contributed by atoms with Crippen molar-refractivity contribution in [1.29, 1.82) is 0 Å². The van der Waals surface area contributed by atoms with Gasteiger partial charge in [-0.05, 0) is 37.1 Å². The molecule has 0 atom stereocenters. The summed E-state index contributed by atoms with van der Waals surface area (Å²) in [5.41, 5.74) is 1.02. The largest absolute Gasteiger partial charge is 0.379 e. The summed E-state index contributed by atoms with van der Waals surface area (Å²) in [6.07, 6.45) is 3.57. The zero-order chi connectivity index (χ0) is 20.4. The summed E-state index contributed by atoms with van der Waals surface area (Å²) in [6.45, 7) is 1.55. The summed E-state index contributed by atoms with van der Waals surface area (Å²) < 4.78 is 32.3. The molecule has 0 radical (unpaired) electrons. The second-order valence-corrected chi connectivity index (χ2v) is 9.04. The van der Waals surface area contributed by atoms with E-state index in [2.05, 4.69) is 4.98 Å². The molecule has 29 heavy (non-hydrogen) atoms. The van der Waals surface area contributed by atoms with Gasteiger partial charge in [0, 0.05) is 31.4 Å². The molecule has 0 bridgehead atoms. The third-order valence-corrected chi connectivity index (χ3v) is 7.00. The van der Waals surface area contributed by atoms with Crippen LogP contribution in [0.2, 0.25) is 0 Å². The van der Waals surface area contributed by atoms with Crippen LogP contribution in [0.4, 0.5) is 11.4 Å². The quantitative estimate of drug-likeness (QED) is 0.501. The Morgan fingerprint density at radius 2 is 1.97 bits per heavy atom. The second kappa shape index (κ2) is 8.05. The minimum Gasteiger partial charge on any atom is -0.379 e. The van der Waals surface area contributed by atoms with Crippen molar-refractivity contribution in [3.63, 3.8) is 0 Å². The molecule has 0 unspecified atom stereocenters. The van der Waals surface area contributed by atoms with Crippen LogP contribution in [0.5, 0.6) is 0 Å². The SMILES string of the molecule is O=[N+]([O-])c1cc(S(=O)(=O)N2CCOCC2)ccc1N(Cc1ccccn1)C1CC1. The van der Waals surface area contributed by atoms with Crippen LogP contribution in [0.1, 0.15) is 18.5 Å². The van der Waals surface area contributed by atoms with Crippen molar-refractivity contribution in [3.8, 4) is 0 Å². The number of pyridine rings is 1. The molecule has 1 aromatic heterocycles. The van der Waals surface area contributed by atoms with Crippen molar-refractivity contribution in [1.82, 2.24) is 9.29 Å². The van der Waals surface area contributed by atoms with Crippen LogP contribution in [0.25, 0.3) is 0 Å². The van der Waals surface area contributed by atoms with E-state index in [9.17, 15) is 18.5 Å². The Hall–Kier alpha value is -2.56. The number of nitro groups is 1. The maximum atomic E-state index is 12.9. The first-order valence-electron chi connectivity index (χ1n) is 9.50. The molecule has 9 nitrogen and oxygen atoms in total. The first-order chi connectivity index (χ1) is 14.0. The number of nitrogens with zero attached hydrogens (tertiary/aromatic N) is 4. The van der Waals surface area contributed by atoms with Gasteiger partial charge < -0.3 is 9.64 Å². The van der Waals surface area contributed by atoms with Gasteiger partial charge in [-0.2, -0.15) is 4.31 Å². The van der Waals surface area contributed by atoms with Gasteiger partial charge in [0.25, 0.3) is 5.69 Å². The highest BCUT2D eigenvalue weighted by Gasteiger charge is 2.35. The van der Waals surface area contributed by atoms with Crippen LogP contribution < -0.4 is 4.90 Å². The van der Waals surface area contributed by atoms with E-state index < -0.39 is 14.9 Å². The lowest BCUT2D eigenvalue weighted by molar-refractivity contribution is -0.384. The molecule has 0 N–H and O–H groups in total. The first-order valence-corrected chi connectivity index (χ1v) is 10.9. The summed E-state index contributed by atoms with van der Waals surface area (Å²) in [4.78, 5) is 17.5. The fourth-order valence-corrected chi connectivity index (χ4v) is 4.88. The first kappa shape index (κ1) is 19.7. The highest BCUT2D eigenvalue weighted by molar-refractivity contribution is 7.89. The molecule has 1 saturated heterocycles. The van der Waals surface area contributed by atoms with E-state index in [1.54, 1.807) is 12.3 Å². The minimum atomic E-state index is -3.81. The Morgan fingerprint density at radius 3 is 2.59 bits per heavy atom. The molecule has 2 fully saturated rings. The summed E-state index contributed by atoms with van der Waals surface area (Å²) in [7, 11) is -3.81. The van der Waals surface area contributed by atoms with Crippen molar-refractivity contribution in [3.05, 3.63) is 58.4 Å². The number of ether oxygens (including phenoxy) is 1. The lowest BCUT2D eigenvalue weighted by Crippen LogP contribution is -2.40. The molecule has 1 aliphatic heterocycles. The Kier molecular flexibility index (Phi) is 5.48. The molecule has 2 heterocycles. The predicted molar refractivity (Wildman–Crippen MR) is 106 cm³/mol. The van der Waals surface area contributed by atoms with Gasteiger partial charge >= 0.3 is 0 Å². The van der Waals surface area contributed by atoms with Gasteiger partial charge in [-0.15, -0.1) is 0 Å². The number of sulfonamides is 1. The Bertz CT molecular complexity index is 989. The molecular formula is C19H22N4O5S. The van der Waals surface area contributed by atoms with E-state index in [1.807, 2.05) is 23.1 Å². The lowest BCUT2D eigenvalue weighted by Gasteiger charge is -2.27. The molecule has 2 aliphatic rings. The number of nitro benzene ring substituents is 1. The molecule has 1 aromatic carbocycles. The number of aromatic nitrogens is 1. The van der Waals surface area contributed by atoms with Gasteiger partial charge in [0.2, 0.25) is 10.0 Å². The number of hydrogen-bond acceptors (Lipinski definition) is 7. The van der Waals surface area contributed by atoms with Crippen LogP contribution in [0.15, 0.2) is 47.5 Å². The van der Waals surface area contributed by atoms with Gasteiger partial charge in [-0.25, -0.2) is 8.42 Å². The van der Waals surface area contributed by atoms with Crippen molar-refractivity contribution in [2.75, 3.05) is 31.2 Å². The Morgan fingerprint density at radius 1 is 1.21 bits per heavy atom. The van der Waals surface area contributed by atoms with E-state index in [1.165, 1.54) is 16.4 Å². The van der Waals surface area contributed by atoms with Crippen LogP contribution >= 0.6 is 0 Å². The van der Waals surface area contributed by atoms with Gasteiger partial charge in [0.1, 0.15) is 5.69 Å². The van der Waals surface area contributed by atoms with Gasteiger partial charge in [-0.1, -0.05) is 6.07 Å². The number of rotatable bonds is 7. The van der Waals surface area contributed by atoms with Crippen LogP contribution in [0, 0.1) is 10.1 Å². The highest BCUT2D eigenvalue weighted by Crippen LogP contribution is 2.39. The van der Waals surface area contributed by atoms with E-state index >= 15 is 0 Å². The highest BCUT2D eigenvalue weighted by atomic mass is 32.2. The van der Waals surface area contributed by atoms with Crippen molar-refractivity contribution < 1.29 is 18.1 Å². The number of morpholine rings is 1. The number of anilines is 1. The standard InChI is InChI=1S/C19H22N4O5S/c24-23(25)19-13-17(29(26,27)21-9-11-28-12-10-21)6-7-18(19)22(16-4-5-16)14-15-3-1-2-8-20-15/h1-3,6-8,13,16H,4-5,9-12,14H2. The molecule has 2 aromatic rings. The monoisotopic (exact) mass is 418 g/mol. The lowest BCUT2D eigenvalue weighted by atomic mass is 10.2. The Labute approximate surface area is 169 Å². The molecule has 154 valence electrons. The summed E-state index contributed by atoms with van der Waals surface area (Å²) >= 11 is 0. The Balaban J connectivity index is 1.69. The summed E-state index contributed by atoms with van der Waals surface area (Å²) in [5, 5.41) is 11.8. The maximum Gasteiger partial charge on any atom is 0.293 e. The fraction of sp³-hybridized carbons (Fsp3) is 0.421. The normalized spacial score (nSPS) is 17.8. The van der Waals surface area contributed by atoms with Crippen molar-refractivity contribution >= 4 is 21.4 Å². The van der Waals surface area contributed by atoms with E-state index in [0.717, 1.165) is 18.5 Å². The third-order valence-electron chi connectivity index (χ3n) is 5.11.